The summed E-state index contributed by atoms with van der Waals surface area (Å²) in [7, 11) is 1.53. The SMILES string of the molecule is COCc1nc2nccc(-c3ccc(OC[C@@](C)(N)CC(C)C)c(C(F)(F)F)c3)c2[nH]1. The Morgan fingerprint density at radius 1 is 1.19 bits per heavy atom. The number of ether oxygens (including phenoxy) is 2. The Hall–Kier alpha value is -2.65. The second kappa shape index (κ2) is 8.84. The highest BCUT2D eigenvalue weighted by atomic mass is 19.4. The summed E-state index contributed by atoms with van der Waals surface area (Å²) in [5.74, 6) is 0.599. The van der Waals surface area contributed by atoms with Gasteiger partial charge in [0, 0.05) is 24.4 Å². The normalized spacial score (nSPS) is 14.2. The lowest BCUT2D eigenvalue weighted by atomic mass is 9.93. The van der Waals surface area contributed by atoms with Gasteiger partial charge in [0.15, 0.2) is 5.65 Å². The highest BCUT2D eigenvalue weighted by Gasteiger charge is 2.35. The lowest BCUT2D eigenvalue weighted by Gasteiger charge is -2.27. The number of pyridine rings is 1. The second-order valence-corrected chi connectivity index (χ2v) is 8.42. The molecule has 2 aromatic heterocycles. The fraction of sp³-hybridized carbons (Fsp3) is 0.455. The van der Waals surface area contributed by atoms with Gasteiger partial charge in [-0.15, -0.1) is 0 Å². The Morgan fingerprint density at radius 3 is 2.58 bits per heavy atom. The summed E-state index contributed by atoms with van der Waals surface area (Å²) in [5.41, 5.74) is 6.49. The molecule has 0 aliphatic heterocycles. The number of methoxy groups -OCH3 is 1. The van der Waals surface area contributed by atoms with Gasteiger partial charge in [-0.1, -0.05) is 19.9 Å². The predicted octanol–water partition coefficient (Wildman–Crippen LogP) is 4.93. The zero-order valence-corrected chi connectivity index (χ0v) is 18.0. The van der Waals surface area contributed by atoms with E-state index in [-0.39, 0.29) is 19.0 Å². The zero-order valence-electron chi connectivity index (χ0n) is 18.0. The van der Waals surface area contributed by atoms with Crippen molar-refractivity contribution >= 4 is 11.2 Å². The molecule has 0 aliphatic carbocycles. The van der Waals surface area contributed by atoms with E-state index in [9.17, 15) is 13.2 Å². The maximum absolute atomic E-state index is 13.8. The minimum Gasteiger partial charge on any atom is -0.491 e. The molecule has 6 nitrogen and oxygen atoms in total. The smallest absolute Gasteiger partial charge is 0.419 e. The molecule has 0 amide bonds. The molecular formula is C22H27F3N4O2. The topological polar surface area (TPSA) is 86.1 Å². The molecule has 1 atom stereocenters. The highest BCUT2D eigenvalue weighted by molar-refractivity contribution is 5.90. The van der Waals surface area contributed by atoms with Crippen LogP contribution in [0.4, 0.5) is 13.2 Å². The van der Waals surface area contributed by atoms with Gasteiger partial charge >= 0.3 is 6.18 Å². The fourth-order valence-electron chi connectivity index (χ4n) is 3.68. The number of rotatable bonds is 8. The van der Waals surface area contributed by atoms with E-state index in [1.165, 1.54) is 19.4 Å². The number of H-pyrrole nitrogens is 1. The molecule has 0 saturated heterocycles. The second-order valence-electron chi connectivity index (χ2n) is 8.42. The van der Waals surface area contributed by atoms with Gasteiger partial charge in [0.2, 0.25) is 0 Å². The number of aromatic amines is 1. The predicted molar refractivity (Wildman–Crippen MR) is 113 cm³/mol. The number of hydrogen-bond donors (Lipinski definition) is 2. The van der Waals surface area contributed by atoms with Gasteiger partial charge in [0.1, 0.15) is 24.8 Å². The molecule has 1 aromatic carbocycles. The number of fused-ring (bicyclic) bond motifs is 1. The lowest BCUT2D eigenvalue weighted by Crippen LogP contribution is -2.43. The molecule has 0 spiro atoms. The van der Waals surface area contributed by atoms with Gasteiger partial charge in [-0.25, -0.2) is 9.97 Å². The number of hydrogen-bond acceptors (Lipinski definition) is 5. The number of nitrogens with one attached hydrogen (secondary N) is 1. The van der Waals surface area contributed by atoms with Crippen molar-refractivity contribution in [2.24, 2.45) is 11.7 Å². The molecule has 0 bridgehead atoms. The van der Waals surface area contributed by atoms with E-state index in [1.54, 1.807) is 19.1 Å². The molecule has 3 rings (SSSR count). The van der Waals surface area contributed by atoms with Crippen LogP contribution in [0, 0.1) is 5.92 Å². The minimum absolute atomic E-state index is 0.0198. The first-order valence-corrected chi connectivity index (χ1v) is 9.96. The first kappa shape index (κ1) is 23.0. The summed E-state index contributed by atoms with van der Waals surface area (Å²) < 4.78 is 52.1. The average Bonchev–Trinajstić information content (AvgIpc) is 3.07. The molecule has 168 valence electrons. The van der Waals surface area contributed by atoms with Crippen LogP contribution in [0.5, 0.6) is 5.75 Å². The maximum atomic E-state index is 13.8. The molecule has 0 radical (unpaired) electrons. The van der Waals surface area contributed by atoms with Crippen molar-refractivity contribution < 1.29 is 22.6 Å². The van der Waals surface area contributed by atoms with Crippen LogP contribution in [0.25, 0.3) is 22.3 Å². The van der Waals surface area contributed by atoms with Crippen molar-refractivity contribution in [3.05, 3.63) is 41.9 Å². The van der Waals surface area contributed by atoms with E-state index >= 15 is 0 Å². The first-order chi connectivity index (χ1) is 14.5. The Balaban J connectivity index is 1.98. The number of nitrogens with two attached hydrogens (primary N) is 1. The quantitative estimate of drug-likeness (QED) is 0.523. The molecule has 9 heteroatoms. The number of nitrogens with zero attached hydrogens (tertiary/aromatic N) is 2. The van der Waals surface area contributed by atoms with Crippen molar-refractivity contribution in [1.29, 1.82) is 0 Å². The third-order valence-electron chi connectivity index (χ3n) is 4.75. The largest absolute Gasteiger partial charge is 0.491 e. The van der Waals surface area contributed by atoms with Gasteiger partial charge in [-0.05, 0) is 43.0 Å². The average molecular weight is 436 g/mol. The van der Waals surface area contributed by atoms with Crippen LogP contribution in [0.15, 0.2) is 30.5 Å². The molecule has 2 heterocycles. The molecule has 3 N–H and O–H groups in total. The van der Waals surface area contributed by atoms with E-state index in [0.29, 0.717) is 40.5 Å². The molecule has 31 heavy (non-hydrogen) atoms. The monoisotopic (exact) mass is 436 g/mol. The summed E-state index contributed by atoms with van der Waals surface area (Å²) in [5, 5.41) is 0. The van der Waals surface area contributed by atoms with E-state index in [1.807, 2.05) is 13.8 Å². The van der Waals surface area contributed by atoms with Crippen molar-refractivity contribution in [2.75, 3.05) is 13.7 Å². The summed E-state index contributed by atoms with van der Waals surface area (Å²) in [6, 6.07) is 5.65. The number of imidazole rings is 1. The lowest BCUT2D eigenvalue weighted by molar-refractivity contribution is -0.139. The molecule has 3 aromatic rings. The Kier molecular flexibility index (Phi) is 6.56. The summed E-state index contributed by atoms with van der Waals surface area (Å²) in [4.78, 5) is 11.6. The molecule has 0 saturated carbocycles. The van der Waals surface area contributed by atoms with E-state index in [4.69, 9.17) is 15.2 Å². The van der Waals surface area contributed by atoms with Crippen molar-refractivity contribution in [1.82, 2.24) is 15.0 Å². The fourth-order valence-corrected chi connectivity index (χ4v) is 3.68. The van der Waals surface area contributed by atoms with Gasteiger partial charge < -0.3 is 20.2 Å². The summed E-state index contributed by atoms with van der Waals surface area (Å²) in [6.07, 6.45) is -2.45. The minimum atomic E-state index is -4.59. The number of benzene rings is 1. The third-order valence-corrected chi connectivity index (χ3v) is 4.75. The van der Waals surface area contributed by atoms with Crippen LogP contribution in [0.3, 0.4) is 0 Å². The van der Waals surface area contributed by atoms with E-state index < -0.39 is 17.3 Å². The van der Waals surface area contributed by atoms with Gasteiger partial charge in [0.25, 0.3) is 0 Å². The van der Waals surface area contributed by atoms with Gasteiger partial charge in [-0.2, -0.15) is 13.2 Å². The standard InChI is InChI=1S/C22H27F3N4O2/c1-13(2)10-21(3,26)12-31-17-6-5-14(9-16(17)22(23,24)25)15-7-8-27-20-19(15)28-18(29-20)11-30-4/h5-9,13H,10-12,26H2,1-4H3,(H,27,28,29)/t21-/m0/s1. The Morgan fingerprint density at radius 2 is 1.94 bits per heavy atom. The number of halogens is 3. The van der Waals surface area contributed by atoms with Crippen LogP contribution in [0.2, 0.25) is 0 Å². The van der Waals surface area contributed by atoms with Gasteiger partial charge in [-0.3, -0.25) is 0 Å². The number of aromatic nitrogens is 3. The van der Waals surface area contributed by atoms with Crippen molar-refractivity contribution in [3.63, 3.8) is 0 Å². The highest BCUT2D eigenvalue weighted by Crippen LogP contribution is 2.40. The van der Waals surface area contributed by atoms with Crippen LogP contribution in [0.1, 0.15) is 38.6 Å². The first-order valence-electron chi connectivity index (χ1n) is 9.96. The Labute approximate surface area is 179 Å². The summed E-state index contributed by atoms with van der Waals surface area (Å²) in [6.45, 7) is 6.00. The van der Waals surface area contributed by atoms with Crippen LogP contribution < -0.4 is 10.5 Å². The number of alkyl halides is 3. The molecule has 0 aliphatic rings. The van der Waals surface area contributed by atoms with Crippen LogP contribution in [-0.2, 0) is 17.5 Å². The zero-order chi connectivity index (χ0) is 22.8. The van der Waals surface area contributed by atoms with Crippen LogP contribution in [-0.4, -0.2) is 34.2 Å². The van der Waals surface area contributed by atoms with Crippen LogP contribution >= 0.6 is 0 Å². The molecule has 0 unspecified atom stereocenters. The Bertz CT molecular complexity index is 1040. The van der Waals surface area contributed by atoms with E-state index in [2.05, 4.69) is 15.0 Å². The molecule has 0 fully saturated rings. The van der Waals surface area contributed by atoms with Crippen molar-refractivity contribution in [3.8, 4) is 16.9 Å². The van der Waals surface area contributed by atoms with Gasteiger partial charge in [0.05, 0.1) is 11.1 Å². The summed E-state index contributed by atoms with van der Waals surface area (Å²) >= 11 is 0. The third kappa shape index (κ3) is 5.54. The van der Waals surface area contributed by atoms with E-state index in [0.717, 1.165) is 6.07 Å². The molecular weight excluding hydrogens is 409 g/mol. The van der Waals surface area contributed by atoms with Crippen molar-refractivity contribution in [2.45, 2.75) is 45.5 Å². The maximum Gasteiger partial charge on any atom is 0.419 e.